The van der Waals surface area contributed by atoms with Gasteiger partial charge in [0, 0.05) is 13.6 Å². The molecule has 0 saturated heterocycles. The van der Waals surface area contributed by atoms with Gasteiger partial charge in [-0.25, -0.2) is 4.39 Å². The van der Waals surface area contributed by atoms with Gasteiger partial charge in [0.05, 0.1) is 13.2 Å². The molecular formula is C16H16BrFINO. The van der Waals surface area contributed by atoms with E-state index in [4.69, 9.17) is 4.74 Å². The van der Waals surface area contributed by atoms with Gasteiger partial charge < -0.3 is 10.1 Å². The molecule has 5 heteroatoms. The highest BCUT2D eigenvalue weighted by molar-refractivity contribution is 14.1. The standard InChI is InChI=1S/C16H16BrFINO/c1-3-20-16(12-9-10(17)7-8-13(12)19)11-5-4-6-14(21-2)15(11)18/h4-9,16,20H,3H2,1-2H3. The van der Waals surface area contributed by atoms with E-state index >= 15 is 0 Å². The summed E-state index contributed by atoms with van der Waals surface area (Å²) in [5, 5.41) is 3.35. The largest absolute Gasteiger partial charge is 0.494 e. The van der Waals surface area contributed by atoms with Gasteiger partial charge >= 0.3 is 0 Å². The molecule has 0 radical (unpaired) electrons. The van der Waals surface area contributed by atoms with E-state index in [0.29, 0.717) is 5.56 Å². The number of halogens is 3. The van der Waals surface area contributed by atoms with E-state index in [0.717, 1.165) is 20.2 Å². The quantitative estimate of drug-likeness (QED) is 0.636. The molecular weight excluding hydrogens is 448 g/mol. The number of methoxy groups -OCH3 is 1. The molecule has 0 aliphatic heterocycles. The summed E-state index contributed by atoms with van der Waals surface area (Å²) in [6.07, 6.45) is 0. The highest BCUT2D eigenvalue weighted by Crippen LogP contribution is 2.32. The van der Waals surface area contributed by atoms with Crippen LogP contribution in [0.4, 0.5) is 4.39 Å². The Hall–Kier alpha value is -0.660. The molecule has 2 aromatic carbocycles. The predicted molar refractivity (Wildman–Crippen MR) is 95.3 cm³/mol. The van der Waals surface area contributed by atoms with Crippen molar-refractivity contribution in [2.75, 3.05) is 13.7 Å². The van der Waals surface area contributed by atoms with Crippen LogP contribution >= 0.6 is 38.5 Å². The van der Waals surface area contributed by atoms with E-state index in [1.807, 2.05) is 31.2 Å². The zero-order valence-corrected chi connectivity index (χ0v) is 15.5. The van der Waals surface area contributed by atoms with Crippen LogP contribution in [-0.2, 0) is 0 Å². The van der Waals surface area contributed by atoms with E-state index in [1.54, 1.807) is 12.1 Å². The molecule has 0 amide bonds. The summed E-state index contributed by atoms with van der Waals surface area (Å²) in [6.45, 7) is 2.75. The lowest BCUT2D eigenvalue weighted by Gasteiger charge is -2.22. The molecule has 2 rings (SSSR count). The van der Waals surface area contributed by atoms with Crippen LogP contribution in [-0.4, -0.2) is 13.7 Å². The summed E-state index contributed by atoms with van der Waals surface area (Å²) in [4.78, 5) is 0. The fourth-order valence-electron chi connectivity index (χ4n) is 2.24. The van der Waals surface area contributed by atoms with Crippen LogP contribution in [0.15, 0.2) is 40.9 Å². The van der Waals surface area contributed by atoms with Crippen molar-refractivity contribution in [1.82, 2.24) is 5.32 Å². The molecule has 112 valence electrons. The predicted octanol–water partition coefficient (Wildman–Crippen LogP) is 4.90. The van der Waals surface area contributed by atoms with Crippen LogP contribution in [0.1, 0.15) is 24.1 Å². The summed E-state index contributed by atoms with van der Waals surface area (Å²) < 4.78 is 21.7. The molecule has 0 heterocycles. The van der Waals surface area contributed by atoms with Crippen LogP contribution < -0.4 is 10.1 Å². The first-order valence-electron chi connectivity index (χ1n) is 6.59. The molecule has 0 aliphatic rings. The maximum absolute atomic E-state index is 14.6. The Kier molecular flexibility index (Phi) is 6.01. The average molecular weight is 464 g/mol. The Morgan fingerprint density at radius 2 is 2.05 bits per heavy atom. The third-order valence-electron chi connectivity index (χ3n) is 3.20. The lowest BCUT2D eigenvalue weighted by molar-refractivity contribution is 0.381. The second kappa shape index (κ2) is 7.56. The number of ether oxygens (including phenoxy) is 1. The second-order valence-corrected chi connectivity index (χ2v) is 6.60. The minimum atomic E-state index is -0.318. The molecule has 1 atom stereocenters. The second-order valence-electron chi connectivity index (χ2n) is 4.52. The molecule has 1 N–H and O–H groups in total. The number of hydrogen-bond acceptors (Lipinski definition) is 2. The van der Waals surface area contributed by atoms with Crippen LogP contribution in [0, 0.1) is 9.39 Å². The van der Waals surface area contributed by atoms with E-state index in [9.17, 15) is 4.39 Å². The monoisotopic (exact) mass is 463 g/mol. The first-order chi connectivity index (χ1) is 10.1. The lowest BCUT2D eigenvalue weighted by Crippen LogP contribution is -2.24. The van der Waals surface area contributed by atoms with Crippen molar-refractivity contribution in [3.8, 4) is 5.75 Å². The minimum absolute atomic E-state index is 0.213. The van der Waals surface area contributed by atoms with Crippen molar-refractivity contribution < 1.29 is 9.13 Å². The Labute approximate surface area is 146 Å². The molecule has 0 fully saturated rings. The Bertz CT molecular complexity index is 636. The van der Waals surface area contributed by atoms with Crippen molar-refractivity contribution in [1.29, 1.82) is 0 Å². The van der Waals surface area contributed by atoms with Crippen molar-refractivity contribution in [2.45, 2.75) is 13.0 Å². The molecule has 0 aliphatic carbocycles. The fourth-order valence-corrected chi connectivity index (χ4v) is 3.26. The van der Waals surface area contributed by atoms with Gasteiger partial charge in [0.15, 0.2) is 11.6 Å². The topological polar surface area (TPSA) is 21.3 Å². The third kappa shape index (κ3) is 3.76. The number of benzene rings is 2. The third-order valence-corrected chi connectivity index (χ3v) is 4.68. The number of nitrogens with one attached hydrogen (secondary N) is 1. The molecule has 0 aromatic heterocycles. The SMILES string of the molecule is CCNC(c1cc(Br)ccc1I)c1cccc(OC)c1F. The van der Waals surface area contributed by atoms with Gasteiger partial charge in [0.25, 0.3) is 0 Å². The van der Waals surface area contributed by atoms with Gasteiger partial charge in [-0.05, 0) is 59.0 Å². The Morgan fingerprint density at radius 3 is 2.71 bits per heavy atom. The molecule has 2 nitrogen and oxygen atoms in total. The molecule has 0 spiro atoms. The van der Waals surface area contributed by atoms with Gasteiger partial charge in [-0.2, -0.15) is 0 Å². The maximum Gasteiger partial charge on any atom is 0.170 e. The van der Waals surface area contributed by atoms with Crippen LogP contribution in [0.3, 0.4) is 0 Å². The van der Waals surface area contributed by atoms with E-state index in [-0.39, 0.29) is 17.6 Å². The fraction of sp³-hybridized carbons (Fsp3) is 0.250. The molecule has 1 unspecified atom stereocenters. The normalized spacial score (nSPS) is 12.2. The summed E-state index contributed by atoms with van der Waals surface area (Å²) in [5.41, 5.74) is 1.63. The van der Waals surface area contributed by atoms with E-state index in [2.05, 4.69) is 43.8 Å². The van der Waals surface area contributed by atoms with Gasteiger partial charge in [0.1, 0.15) is 0 Å². The molecule has 0 saturated carbocycles. The van der Waals surface area contributed by atoms with E-state index < -0.39 is 0 Å². The molecule has 2 aromatic rings. The van der Waals surface area contributed by atoms with Crippen molar-refractivity contribution in [2.24, 2.45) is 0 Å². The molecule has 21 heavy (non-hydrogen) atoms. The lowest BCUT2D eigenvalue weighted by atomic mass is 9.98. The summed E-state index contributed by atoms with van der Waals surface area (Å²) in [5.74, 6) is -0.0536. The highest BCUT2D eigenvalue weighted by atomic mass is 127. The average Bonchev–Trinajstić information content (AvgIpc) is 2.48. The van der Waals surface area contributed by atoms with Crippen molar-refractivity contribution >= 4 is 38.5 Å². The van der Waals surface area contributed by atoms with Crippen LogP contribution in [0.2, 0.25) is 0 Å². The highest BCUT2D eigenvalue weighted by Gasteiger charge is 2.21. The van der Waals surface area contributed by atoms with Crippen LogP contribution in [0.25, 0.3) is 0 Å². The molecule has 0 bridgehead atoms. The minimum Gasteiger partial charge on any atom is -0.494 e. The Morgan fingerprint density at radius 1 is 1.29 bits per heavy atom. The zero-order valence-electron chi connectivity index (χ0n) is 11.8. The van der Waals surface area contributed by atoms with Gasteiger partial charge in [-0.3, -0.25) is 0 Å². The Balaban J connectivity index is 2.56. The smallest absolute Gasteiger partial charge is 0.170 e. The number of rotatable bonds is 5. The van der Waals surface area contributed by atoms with Crippen molar-refractivity contribution in [3.05, 3.63) is 61.4 Å². The van der Waals surface area contributed by atoms with Crippen LogP contribution in [0.5, 0.6) is 5.75 Å². The summed E-state index contributed by atoms with van der Waals surface area (Å²) >= 11 is 5.76. The first kappa shape index (κ1) is 16.7. The zero-order chi connectivity index (χ0) is 15.4. The van der Waals surface area contributed by atoms with Gasteiger partial charge in [-0.15, -0.1) is 0 Å². The number of hydrogen-bond donors (Lipinski definition) is 1. The first-order valence-corrected chi connectivity index (χ1v) is 8.46. The summed E-state index contributed by atoms with van der Waals surface area (Å²) in [7, 11) is 1.48. The summed E-state index contributed by atoms with van der Waals surface area (Å²) in [6, 6.07) is 11.0. The maximum atomic E-state index is 14.6. The van der Waals surface area contributed by atoms with Gasteiger partial charge in [-0.1, -0.05) is 35.0 Å². The van der Waals surface area contributed by atoms with E-state index in [1.165, 1.54) is 7.11 Å². The van der Waals surface area contributed by atoms with Gasteiger partial charge in [0.2, 0.25) is 0 Å². The van der Waals surface area contributed by atoms with Crippen molar-refractivity contribution in [3.63, 3.8) is 0 Å².